The van der Waals surface area contributed by atoms with E-state index in [9.17, 15) is 43.2 Å². The molecule has 0 rings (SSSR count). The van der Waals surface area contributed by atoms with Crippen molar-refractivity contribution in [1.29, 1.82) is 0 Å². The lowest BCUT2D eigenvalue weighted by Gasteiger charge is -2.21. The molecule has 0 saturated heterocycles. The Labute approximate surface area is 632 Å². The van der Waals surface area contributed by atoms with Crippen LogP contribution in [0.4, 0.5) is 0 Å². The van der Waals surface area contributed by atoms with E-state index in [1.165, 1.54) is 250 Å². The maximum atomic E-state index is 13.1. The number of carbonyl (C=O) groups is 4. The zero-order chi connectivity index (χ0) is 75.8. The fourth-order valence-corrected chi connectivity index (χ4v) is 14.6. The molecule has 0 spiro atoms. The number of rotatable bonds is 82. The number of unbranched alkanes of at least 4 members (excludes halogenated alkanes) is 49. The van der Waals surface area contributed by atoms with Gasteiger partial charge in [0.15, 0.2) is 12.2 Å². The normalized spacial score (nSPS) is 14.2. The van der Waals surface area contributed by atoms with E-state index in [1.54, 1.807) is 0 Å². The molecule has 0 aromatic rings. The molecule has 612 valence electrons. The second kappa shape index (κ2) is 74.2. The Balaban J connectivity index is 5.22. The summed E-state index contributed by atoms with van der Waals surface area (Å²) in [5.41, 5.74) is 0. The summed E-state index contributed by atoms with van der Waals surface area (Å²) in [5.74, 6) is 0.191. The highest BCUT2D eigenvalue weighted by Crippen LogP contribution is 2.45. The van der Waals surface area contributed by atoms with Gasteiger partial charge in [-0.2, -0.15) is 0 Å². The first-order valence-electron chi connectivity index (χ1n) is 43.4. The van der Waals surface area contributed by atoms with Crippen LogP contribution in [0.15, 0.2) is 0 Å². The molecule has 0 aliphatic heterocycles. The van der Waals surface area contributed by atoms with Gasteiger partial charge in [0, 0.05) is 25.7 Å². The predicted molar refractivity (Wildman–Crippen MR) is 423 cm³/mol. The van der Waals surface area contributed by atoms with Crippen LogP contribution in [0.25, 0.3) is 0 Å². The van der Waals surface area contributed by atoms with E-state index in [2.05, 4.69) is 48.5 Å². The third-order valence-electron chi connectivity index (χ3n) is 20.0. The number of aliphatic hydroxyl groups is 1. The number of ether oxygens (including phenoxy) is 4. The van der Waals surface area contributed by atoms with Gasteiger partial charge in [0.05, 0.1) is 26.4 Å². The Morgan fingerprint density at radius 1 is 0.282 bits per heavy atom. The maximum Gasteiger partial charge on any atom is 0.472 e. The number of phosphoric ester groups is 2. The molecule has 0 radical (unpaired) electrons. The highest BCUT2D eigenvalue weighted by Gasteiger charge is 2.30. The highest BCUT2D eigenvalue weighted by molar-refractivity contribution is 7.47. The van der Waals surface area contributed by atoms with Crippen molar-refractivity contribution in [1.82, 2.24) is 0 Å². The molecule has 19 heteroatoms. The van der Waals surface area contributed by atoms with Crippen molar-refractivity contribution in [3.63, 3.8) is 0 Å². The molecule has 0 bridgehead atoms. The molecule has 6 atom stereocenters. The summed E-state index contributed by atoms with van der Waals surface area (Å²) in [6, 6.07) is 0. The van der Waals surface area contributed by atoms with Crippen molar-refractivity contribution >= 4 is 39.5 Å². The van der Waals surface area contributed by atoms with Crippen LogP contribution in [0.2, 0.25) is 0 Å². The van der Waals surface area contributed by atoms with Gasteiger partial charge >= 0.3 is 39.5 Å². The number of aliphatic hydroxyl groups excluding tert-OH is 1. The zero-order valence-electron chi connectivity index (χ0n) is 67.8. The van der Waals surface area contributed by atoms with Crippen LogP contribution in [-0.4, -0.2) is 96.7 Å². The summed E-state index contributed by atoms with van der Waals surface area (Å²) in [7, 11) is -9.92. The second-order valence-electron chi connectivity index (χ2n) is 31.4. The summed E-state index contributed by atoms with van der Waals surface area (Å²) >= 11 is 0. The number of esters is 4. The lowest BCUT2D eigenvalue weighted by Crippen LogP contribution is -2.30. The Morgan fingerprint density at radius 3 is 0.738 bits per heavy atom. The van der Waals surface area contributed by atoms with E-state index in [0.717, 1.165) is 108 Å². The molecule has 3 unspecified atom stereocenters. The SMILES string of the molecule is CCCCCCCCCCCCCCCCCCCCCCCCC(=O)O[C@H](COC(=O)CCCCCCCCCCCCCCCCCC(C)C)COP(=O)(O)OC[C@@H](O)COP(=O)(O)OC[C@@H](COC(=O)CCCCCCCCCCC(C)C)OC(=O)CCCCCCCCCCC(C)CC. The van der Waals surface area contributed by atoms with Gasteiger partial charge in [0.25, 0.3) is 0 Å². The van der Waals surface area contributed by atoms with Gasteiger partial charge in [-0.05, 0) is 43.4 Å². The van der Waals surface area contributed by atoms with Crippen molar-refractivity contribution in [3.05, 3.63) is 0 Å². The first-order valence-corrected chi connectivity index (χ1v) is 46.4. The summed E-state index contributed by atoms with van der Waals surface area (Å²) in [4.78, 5) is 73.1. The molecule has 0 heterocycles. The molecule has 3 N–H and O–H groups in total. The molecular formula is C84H164O17P2. The molecule has 0 amide bonds. The van der Waals surface area contributed by atoms with Crippen LogP contribution in [0.3, 0.4) is 0 Å². The number of phosphoric acid groups is 2. The third-order valence-corrected chi connectivity index (χ3v) is 21.9. The first-order chi connectivity index (χ1) is 49.8. The average Bonchev–Trinajstić information content (AvgIpc) is 0.947. The minimum absolute atomic E-state index is 0.105. The van der Waals surface area contributed by atoms with Gasteiger partial charge in [0.2, 0.25) is 0 Å². The monoisotopic (exact) mass is 1510 g/mol. The molecule has 0 fully saturated rings. The smallest absolute Gasteiger partial charge is 0.462 e. The zero-order valence-corrected chi connectivity index (χ0v) is 69.6. The number of carbonyl (C=O) groups excluding carboxylic acids is 4. The van der Waals surface area contributed by atoms with Crippen molar-refractivity contribution in [2.75, 3.05) is 39.6 Å². The molecular weight excluding hydrogens is 1340 g/mol. The van der Waals surface area contributed by atoms with Crippen LogP contribution in [0.5, 0.6) is 0 Å². The van der Waals surface area contributed by atoms with Gasteiger partial charge in [-0.3, -0.25) is 37.3 Å². The Bertz CT molecular complexity index is 1990. The van der Waals surface area contributed by atoms with Gasteiger partial charge in [-0.15, -0.1) is 0 Å². The van der Waals surface area contributed by atoms with E-state index >= 15 is 0 Å². The molecule has 0 aromatic carbocycles. The maximum absolute atomic E-state index is 13.1. The summed E-state index contributed by atoms with van der Waals surface area (Å²) < 4.78 is 68.8. The lowest BCUT2D eigenvalue weighted by molar-refractivity contribution is -0.161. The number of hydrogen-bond acceptors (Lipinski definition) is 15. The van der Waals surface area contributed by atoms with Gasteiger partial charge < -0.3 is 33.8 Å². The van der Waals surface area contributed by atoms with Crippen LogP contribution >= 0.6 is 15.6 Å². The predicted octanol–water partition coefficient (Wildman–Crippen LogP) is 25.3. The molecule has 0 saturated carbocycles. The van der Waals surface area contributed by atoms with E-state index in [-0.39, 0.29) is 25.7 Å². The highest BCUT2D eigenvalue weighted by atomic mass is 31.2. The minimum atomic E-state index is -4.97. The molecule has 103 heavy (non-hydrogen) atoms. The van der Waals surface area contributed by atoms with E-state index in [1.807, 2.05) is 0 Å². The molecule has 0 aliphatic carbocycles. The Morgan fingerprint density at radius 2 is 0.495 bits per heavy atom. The third kappa shape index (κ3) is 76.6. The van der Waals surface area contributed by atoms with Crippen molar-refractivity contribution in [2.45, 2.75) is 458 Å². The second-order valence-corrected chi connectivity index (χ2v) is 34.3. The Kier molecular flexibility index (Phi) is 72.8. The van der Waals surface area contributed by atoms with Crippen LogP contribution in [0, 0.1) is 17.8 Å². The Hall–Kier alpha value is -1.94. The van der Waals surface area contributed by atoms with E-state index in [0.29, 0.717) is 25.7 Å². The van der Waals surface area contributed by atoms with Gasteiger partial charge in [-0.1, -0.05) is 389 Å². The quantitative estimate of drug-likeness (QED) is 0.0222. The molecule has 0 aliphatic rings. The fraction of sp³-hybridized carbons (Fsp3) is 0.952. The molecule has 0 aromatic heterocycles. The van der Waals surface area contributed by atoms with Crippen molar-refractivity contribution < 1.29 is 80.2 Å². The van der Waals surface area contributed by atoms with Gasteiger partial charge in [0.1, 0.15) is 19.3 Å². The van der Waals surface area contributed by atoms with Crippen molar-refractivity contribution in [3.8, 4) is 0 Å². The van der Waals surface area contributed by atoms with Crippen molar-refractivity contribution in [2.24, 2.45) is 17.8 Å². The summed E-state index contributed by atoms with van der Waals surface area (Å²) in [5, 5.41) is 10.7. The molecule has 17 nitrogen and oxygen atoms in total. The topological polar surface area (TPSA) is 237 Å². The lowest BCUT2D eigenvalue weighted by atomic mass is 9.99. The number of hydrogen-bond donors (Lipinski definition) is 3. The standard InChI is InChI=1S/C84H164O17P2/c1-8-10-11-12-13-14-15-16-17-18-19-20-21-22-23-26-30-33-36-46-53-60-67-83(88)100-79(71-94-81(86)65-58-51-44-35-32-29-27-24-25-28-31-34-41-48-55-62-75(3)4)73-98-102(90,91)96-69-78(85)70-97-103(92,93)99-74-80(72-95-82(87)66-59-52-45-39-37-42-49-56-63-76(5)6)101-84(89)68-61-54-47-40-38-43-50-57-64-77(7)9-2/h75-80,85H,8-74H2,1-7H3,(H,90,91)(H,92,93)/t77?,78-,79-,80-/m1/s1. The first kappa shape index (κ1) is 101. The summed E-state index contributed by atoms with van der Waals surface area (Å²) in [6.45, 7) is 11.9. The van der Waals surface area contributed by atoms with Gasteiger partial charge in [-0.25, -0.2) is 9.13 Å². The largest absolute Gasteiger partial charge is 0.472 e. The average molecular weight is 1510 g/mol. The van der Waals surface area contributed by atoms with Crippen LogP contribution in [-0.2, 0) is 65.4 Å². The van der Waals surface area contributed by atoms with Crippen LogP contribution in [0.1, 0.15) is 440 Å². The minimum Gasteiger partial charge on any atom is -0.462 e. The summed E-state index contributed by atoms with van der Waals surface area (Å²) in [6.07, 6.45) is 64.0. The fourth-order valence-electron chi connectivity index (χ4n) is 13.0. The van der Waals surface area contributed by atoms with E-state index in [4.69, 9.17) is 37.0 Å². The van der Waals surface area contributed by atoms with Crippen LogP contribution < -0.4 is 0 Å². The van der Waals surface area contributed by atoms with E-state index < -0.39 is 97.5 Å².